The van der Waals surface area contributed by atoms with Gasteiger partial charge in [0.15, 0.2) is 0 Å². The van der Waals surface area contributed by atoms with Crippen LogP contribution in [-0.4, -0.2) is 71.7 Å². The van der Waals surface area contributed by atoms with E-state index in [1.807, 2.05) is 44.2 Å². The van der Waals surface area contributed by atoms with Gasteiger partial charge in [-0.3, -0.25) is 4.79 Å². The summed E-state index contributed by atoms with van der Waals surface area (Å²) in [4.78, 5) is 15.1. The van der Waals surface area contributed by atoms with E-state index in [-0.39, 0.29) is 41.7 Å². The molecule has 2 aliphatic rings. The van der Waals surface area contributed by atoms with Crippen molar-refractivity contribution < 1.29 is 17.9 Å². The molecule has 2 saturated heterocycles. The molecule has 40 heavy (non-hydrogen) atoms. The van der Waals surface area contributed by atoms with E-state index in [2.05, 4.69) is 6.07 Å². The highest BCUT2D eigenvalue weighted by atomic mass is 32.2. The summed E-state index contributed by atoms with van der Waals surface area (Å²) in [5.74, 6) is -0.299. The van der Waals surface area contributed by atoms with Gasteiger partial charge in [0, 0.05) is 43.5 Å². The number of carbonyl (C=O) groups is 1. The minimum atomic E-state index is -3.78. The van der Waals surface area contributed by atoms with Crippen LogP contribution in [0.5, 0.6) is 0 Å². The Bertz CT molecular complexity index is 1540. The van der Waals surface area contributed by atoms with Crippen LogP contribution in [0.15, 0.2) is 71.3 Å². The van der Waals surface area contributed by atoms with Crippen LogP contribution in [0.4, 0.5) is 0 Å². The second-order valence-electron chi connectivity index (χ2n) is 10.3. The molecular weight excluding hydrogens is 526 g/mol. The van der Waals surface area contributed by atoms with Crippen LogP contribution < -0.4 is 0 Å². The molecular formula is C30H33N5O4S. The van der Waals surface area contributed by atoms with Crippen molar-refractivity contribution in [2.24, 2.45) is 0 Å². The van der Waals surface area contributed by atoms with Gasteiger partial charge in [0.25, 0.3) is 5.91 Å². The first kappa shape index (κ1) is 27.8. The Hall–Kier alpha value is -3.78. The third kappa shape index (κ3) is 5.87. The van der Waals surface area contributed by atoms with Crippen molar-refractivity contribution in [1.82, 2.24) is 19.0 Å². The fourth-order valence-corrected chi connectivity index (χ4v) is 6.91. The first-order valence-corrected chi connectivity index (χ1v) is 15.0. The van der Waals surface area contributed by atoms with E-state index in [1.165, 1.54) is 4.31 Å². The molecule has 5 rings (SSSR count). The third-order valence-corrected chi connectivity index (χ3v) is 9.02. The van der Waals surface area contributed by atoms with Gasteiger partial charge in [-0.15, -0.1) is 0 Å². The third-order valence-electron chi connectivity index (χ3n) is 7.19. The number of para-hydroxylation sites is 1. The summed E-state index contributed by atoms with van der Waals surface area (Å²) in [5, 5.41) is 14.7. The SMILES string of the molecule is CC1CN(S(=O)(=O)c2cccc(-c3nn(-c4ccccc4)cc3/C=C(\C#N)C(=O)N3CCCCC3)c2)CC(C)O1. The van der Waals surface area contributed by atoms with Crippen molar-refractivity contribution in [2.75, 3.05) is 26.2 Å². The number of likely N-dealkylation sites (tertiary alicyclic amines) is 1. The van der Waals surface area contributed by atoms with E-state index in [0.717, 1.165) is 24.9 Å². The van der Waals surface area contributed by atoms with Crippen molar-refractivity contribution >= 4 is 22.0 Å². The van der Waals surface area contributed by atoms with Crippen molar-refractivity contribution in [3.05, 3.63) is 71.9 Å². The number of aromatic nitrogens is 2. The molecule has 3 heterocycles. The zero-order valence-electron chi connectivity index (χ0n) is 22.7. The number of nitriles is 1. The van der Waals surface area contributed by atoms with Crippen molar-refractivity contribution in [2.45, 2.75) is 50.2 Å². The van der Waals surface area contributed by atoms with Gasteiger partial charge in [0.05, 0.1) is 22.8 Å². The summed E-state index contributed by atoms with van der Waals surface area (Å²) in [5.41, 5.74) is 2.41. The molecule has 3 aromatic rings. The number of benzene rings is 2. The molecule has 2 fully saturated rings. The minimum absolute atomic E-state index is 0.0239. The largest absolute Gasteiger partial charge is 0.373 e. The van der Waals surface area contributed by atoms with E-state index in [0.29, 0.717) is 29.9 Å². The molecule has 2 aromatic carbocycles. The standard InChI is InChI=1S/C30H33N5O4S/c1-22-19-34(20-23(2)39-22)40(37,38)28-13-9-10-24(17-28)29-26(21-35(32-29)27-11-5-3-6-12-27)16-25(18-31)30(36)33-14-7-4-8-15-33/h3,5-6,9-13,16-17,21-23H,4,7-8,14-15,19-20H2,1-2H3/b25-16+. The van der Waals surface area contributed by atoms with E-state index in [4.69, 9.17) is 9.84 Å². The first-order chi connectivity index (χ1) is 19.3. The maximum absolute atomic E-state index is 13.6. The van der Waals surface area contributed by atoms with Crippen LogP contribution in [0, 0.1) is 11.3 Å². The van der Waals surface area contributed by atoms with E-state index >= 15 is 0 Å². The Kier molecular flexibility index (Phi) is 8.17. The molecule has 2 atom stereocenters. The number of rotatable bonds is 6. The molecule has 9 nitrogen and oxygen atoms in total. The highest BCUT2D eigenvalue weighted by Gasteiger charge is 2.32. The molecule has 0 N–H and O–H groups in total. The first-order valence-electron chi connectivity index (χ1n) is 13.6. The molecule has 0 radical (unpaired) electrons. The molecule has 10 heteroatoms. The molecule has 0 spiro atoms. The second-order valence-corrected chi connectivity index (χ2v) is 12.3. The number of amides is 1. The molecule has 0 aliphatic carbocycles. The lowest BCUT2D eigenvalue weighted by Crippen LogP contribution is -2.48. The Morgan fingerprint density at radius 2 is 1.73 bits per heavy atom. The molecule has 0 bridgehead atoms. The smallest absolute Gasteiger partial charge is 0.264 e. The zero-order valence-corrected chi connectivity index (χ0v) is 23.5. The topological polar surface area (TPSA) is 109 Å². The number of hydrogen-bond acceptors (Lipinski definition) is 6. The number of morpholine rings is 1. The molecule has 1 amide bonds. The number of ether oxygens (including phenoxy) is 1. The lowest BCUT2D eigenvalue weighted by Gasteiger charge is -2.34. The van der Waals surface area contributed by atoms with Crippen LogP contribution in [-0.2, 0) is 19.6 Å². The van der Waals surface area contributed by atoms with Gasteiger partial charge in [-0.05, 0) is 63.5 Å². The predicted molar refractivity (Wildman–Crippen MR) is 152 cm³/mol. The molecule has 2 aliphatic heterocycles. The monoisotopic (exact) mass is 559 g/mol. The summed E-state index contributed by atoms with van der Waals surface area (Å²) in [6.45, 7) is 5.54. The van der Waals surface area contributed by atoms with Crippen LogP contribution in [0.25, 0.3) is 23.0 Å². The number of piperidine rings is 1. The van der Waals surface area contributed by atoms with Crippen LogP contribution in [0.3, 0.4) is 0 Å². The number of sulfonamides is 1. The van der Waals surface area contributed by atoms with Crippen LogP contribution in [0.2, 0.25) is 0 Å². The van der Waals surface area contributed by atoms with Gasteiger partial charge in [0.2, 0.25) is 10.0 Å². The molecule has 0 saturated carbocycles. The molecule has 1 aromatic heterocycles. The van der Waals surface area contributed by atoms with E-state index in [9.17, 15) is 18.5 Å². The Morgan fingerprint density at radius 1 is 1.02 bits per heavy atom. The van der Waals surface area contributed by atoms with Gasteiger partial charge in [-0.25, -0.2) is 13.1 Å². The van der Waals surface area contributed by atoms with E-state index < -0.39 is 10.0 Å². The summed E-state index contributed by atoms with van der Waals surface area (Å²) in [6, 6.07) is 18.2. The highest BCUT2D eigenvalue weighted by molar-refractivity contribution is 7.89. The summed E-state index contributed by atoms with van der Waals surface area (Å²) >= 11 is 0. The minimum Gasteiger partial charge on any atom is -0.373 e. The van der Waals surface area contributed by atoms with Crippen molar-refractivity contribution in [3.63, 3.8) is 0 Å². The van der Waals surface area contributed by atoms with Gasteiger partial charge >= 0.3 is 0 Å². The molecule has 2 unspecified atom stereocenters. The second kappa shape index (κ2) is 11.8. The number of hydrogen-bond donors (Lipinski definition) is 0. The summed E-state index contributed by atoms with van der Waals surface area (Å²) in [7, 11) is -3.78. The van der Waals surface area contributed by atoms with Gasteiger partial charge < -0.3 is 9.64 Å². The summed E-state index contributed by atoms with van der Waals surface area (Å²) < 4.78 is 36.1. The van der Waals surface area contributed by atoms with Crippen LogP contribution >= 0.6 is 0 Å². The maximum Gasteiger partial charge on any atom is 0.264 e. The summed E-state index contributed by atoms with van der Waals surface area (Å²) in [6.07, 6.45) is 5.82. The Balaban J connectivity index is 1.57. The normalized spacial score (nSPS) is 20.7. The van der Waals surface area contributed by atoms with Gasteiger partial charge in [-0.1, -0.05) is 30.3 Å². The van der Waals surface area contributed by atoms with E-state index in [1.54, 1.807) is 46.1 Å². The van der Waals surface area contributed by atoms with Gasteiger partial charge in [-0.2, -0.15) is 14.7 Å². The molecule has 208 valence electrons. The average molecular weight is 560 g/mol. The predicted octanol–water partition coefficient (Wildman–Crippen LogP) is 4.26. The lowest BCUT2D eigenvalue weighted by molar-refractivity contribution is -0.127. The maximum atomic E-state index is 13.6. The zero-order chi connectivity index (χ0) is 28.3. The number of nitrogens with zero attached hydrogens (tertiary/aromatic N) is 5. The highest BCUT2D eigenvalue weighted by Crippen LogP contribution is 2.30. The number of carbonyl (C=O) groups excluding carboxylic acids is 1. The Labute approximate surface area is 235 Å². The van der Waals surface area contributed by atoms with Crippen molar-refractivity contribution in [3.8, 4) is 23.0 Å². The average Bonchev–Trinajstić information content (AvgIpc) is 3.40. The van der Waals surface area contributed by atoms with Crippen molar-refractivity contribution in [1.29, 1.82) is 5.26 Å². The van der Waals surface area contributed by atoms with Crippen LogP contribution in [0.1, 0.15) is 38.7 Å². The fraction of sp³-hybridized carbons (Fsp3) is 0.367. The fourth-order valence-electron chi connectivity index (χ4n) is 5.27. The van der Waals surface area contributed by atoms with Gasteiger partial charge in [0.1, 0.15) is 17.3 Å². The lowest BCUT2D eigenvalue weighted by atomic mass is 10.0. The Morgan fingerprint density at radius 3 is 2.40 bits per heavy atom. The quantitative estimate of drug-likeness (QED) is 0.330.